The van der Waals surface area contributed by atoms with Crippen LogP contribution in [0.2, 0.25) is 0 Å². The lowest BCUT2D eigenvalue weighted by Gasteiger charge is -2.11. The average molecular weight is 248 g/mol. The predicted molar refractivity (Wildman–Crippen MR) is 69.0 cm³/mol. The van der Waals surface area contributed by atoms with E-state index in [1.165, 1.54) is 6.07 Å². The molecule has 0 aliphatic rings. The molecule has 0 radical (unpaired) electrons. The molecule has 1 heterocycles. The van der Waals surface area contributed by atoms with Gasteiger partial charge in [-0.3, -0.25) is 0 Å². The van der Waals surface area contributed by atoms with Crippen molar-refractivity contribution in [2.24, 2.45) is 0 Å². The van der Waals surface area contributed by atoms with Crippen LogP contribution in [-0.4, -0.2) is 17.8 Å². The molecule has 96 valence electrons. The summed E-state index contributed by atoms with van der Waals surface area (Å²) in [6.45, 7) is 4.01. The summed E-state index contributed by atoms with van der Waals surface area (Å²) >= 11 is 0. The summed E-state index contributed by atoms with van der Waals surface area (Å²) in [6, 6.07) is 6.70. The van der Waals surface area contributed by atoms with Crippen molar-refractivity contribution >= 4 is 11.0 Å². The molecule has 0 aliphatic heterocycles. The predicted octanol–water partition coefficient (Wildman–Crippen LogP) is 2.25. The smallest absolute Gasteiger partial charge is 0.336 e. The molecule has 0 saturated heterocycles. The number of ether oxygens (including phenoxy) is 1. The first kappa shape index (κ1) is 12.6. The third-order valence-corrected chi connectivity index (χ3v) is 2.83. The van der Waals surface area contributed by atoms with Crippen LogP contribution in [0, 0.1) is 6.92 Å². The van der Waals surface area contributed by atoms with Crippen molar-refractivity contribution < 1.29 is 14.3 Å². The van der Waals surface area contributed by atoms with Crippen molar-refractivity contribution in [1.29, 1.82) is 0 Å². The number of aryl methyl sites for hydroxylation is 1. The molecule has 1 N–H and O–H groups in total. The first-order chi connectivity index (χ1) is 8.60. The Balaban J connectivity index is 2.30. The zero-order valence-electron chi connectivity index (χ0n) is 10.5. The molecule has 0 amide bonds. The molecule has 1 unspecified atom stereocenters. The van der Waals surface area contributed by atoms with Gasteiger partial charge < -0.3 is 14.3 Å². The van der Waals surface area contributed by atoms with Gasteiger partial charge in [-0.05, 0) is 37.1 Å². The van der Waals surface area contributed by atoms with Crippen molar-refractivity contribution in [3.8, 4) is 5.75 Å². The second kappa shape index (κ2) is 5.23. The zero-order valence-corrected chi connectivity index (χ0v) is 10.5. The summed E-state index contributed by atoms with van der Waals surface area (Å²) in [5, 5.41) is 10.3. The van der Waals surface area contributed by atoms with E-state index in [0.29, 0.717) is 17.8 Å². The summed E-state index contributed by atoms with van der Waals surface area (Å²) in [5.41, 5.74) is 1.04. The monoisotopic (exact) mass is 248 g/mol. The van der Waals surface area contributed by atoms with Crippen molar-refractivity contribution in [3.05, 3.63) is 40.2 Å². The van der Waals surface area contributed by atoms with E-state index < -0.39 is 6.10 Å². The topological polar surface area (TPSA) is 59.7 Å². The van der Waals surface area contributed by atoms with E-state index in [-0.39, 0.29) is 12.2 Å². The molecule has 1 aromatic carbocycles. The Morgan fingerprint density at radius 2 is 2.17 bits per heavy atom. The molecule has 1 aromatic heterocycles. The van der Waals surface area contributed by atoms with Gasteiger partial charge in [0.1, 0.15) is 17.9 Å². The second-order valence-electron chi connectivity index (χ2n) is 4.28. The van der Waals surface area contributed by atoms with E-state index in [2.05, 4.69) is 0 Å². The highest BCUT2D eigenvalue weighted by atomic mass is 16.5. The van der Waals surface area contributed by atoms with Crippen molar-refractivity contribution in [2.45, 2.75) is 26.4 Å². The maximum atomic E-state index is 11.2. The standard InChI is InChI=1S/C14H16O4/c1-3-10(15)8-17-11-4-5-13-12(7-11)9(2)6-14(16)18-13/h4-7,10,15H,3,8H2,1-2H3. The quantitative estimate of drug-likeness (QED) is 0.843. The fourth-order valence-electron chi connectivity index (χ4n) is 1.70. The number of fused-ring (bicyclic) bond motifs is 1. The Hall–Kier alpha value is -1.81. The number of rotatable bonds is 4. The van der Waals surface area contributed by atoms with Gasteiger partial charge in [0.2, 0.25) is 0 Å². The molecule has 18 heavy (non-hydrogen) atoms. The highest BCUT2D eigenvalue weighted by Crippen LogP contribution is 2.22. The molecule has 0 fully saturated rings. The van der Waals surface area contributed by atoms with Gasteiger partial charge in [0.05, 0.1) is 6.10 Å². The van der Waals surface area contributed by atoms with E-state index >= 15 is 0 Å². The Morgan fingerprint density at radius 1 is 1.39 bits per heavy atom. The van der Waals surface area contributed by atoms with Gasteiger partial charge in [-0.15, -0.1) is 0 Å². The van der Waals surface area contributed by atoms with Crippen LogP contribution in [0.4, 0.5) is 0 Å². The van der Waals surface area contributed by atoms with Crippen molar-refractivity contribution in [1.82, 2.24) is 0 Å². The molecule has 4 heteroatoms. The minimum Gasteiger partial charge on any atom is -0.491 e. The van der Waals surface area contributed by atoms with Gasteiger partial charge in [0, 0.05) is 11.5 Å². The number of hydrogen-bond acceptors (Lipinski definition) is 4. The minimum atomic E-state index is -0.463. The van der Waals surface area contributed by atoms with Crippen molar-refractivity contribution in [3.63, 3.8) is 0 Å². The largest absolute Gasteiger partial charge is 0.491 e. The van der Waals surface area contributed by atoms with Gasteiger partial charge in [-0.25, -0.2) is 4.79 Å². The molecule has 2 rings (SSSR count). The fourth-order valence-corrected chi connectivity index (χ4v) is 1.70. The number of benzene rings is 1. The molecule has 1 atom stereocenters. The SMILES string of the molecule is CCC(O)COc1ccc2oc(=O)cc(C)c2c1. The molecular weight excluding hydrogens is 232 g/mol. The maximum Gasteiger partial charge on any atom is 0.336 e. The summed E-state index contributed by atoms with van der Waals surface area (Å²) in [4.78, 5) is 11.2. The van der Waals surface area contributed by atoms with Gasteiger partial charge in [0.15, 0.2) is 0 Å². The first-order valence-corrected chi connectivity index (χ1v) is 5.95. The number of hydrogen-bond donors (Lipinski definition) is 1. The Kier molecular flexibility index (Phi) is 3.67. The van der Waals surface area contributed by atoms with Gasteiger partial charge in [-0.1, -0.05) is 6.92 Å². The second-order valence-corrected chi connectivity index (χ2v) is 4.28. The fraction of sp³-hybridized carbons (Fsp3) is 0.357. The molecule has 4 nitrogen and oxygen atoms in total. The van der Waals surface area contributed by atoms with E-state index in [4.69, 9.17) is 9.15 Å². The molecule has 0 bridgehead atoms. The normalized spacial score (nSPS) is 12.6. The number of aliphatic hydroxyl groups is 1. The molecule has 2 aromatic rings. The highest BCUT2D eigenvalue weighted by Gasteiger charge is 2.06. The molecule has 0 spiro atoms. The van der Waals surface area contributed by atoms with Crippen LogP contribution >= 0.6 is 0 Å². The van der Waals surface area contributed by atoms with Gasteiger partial charge in [-0.2, -0.15) is 0 Å². The van der Waals surface area contributed by atoms with E-state index in [1.54, 1.807) is 12.1 Å². The van der Waals surface area contributed by atoms with Gasteiger partial charge >= 0.3 is 5.63 Å². The average Bonchev–Trinajstić information content (AvgIpc) is 2.36. The molecule has 0 aliphatic carbocycles. The Bertz CT molecular complexity index is 600. The molecule has 0 saturated carbocycles. The zero-order chi connectivity index (χ0) is 13.1. The lowest BCUT2D eigenvalue weighted by Crippen LogP contribution is -2.15. The lowest BCUT2D eigenvalue weighted by molar-refractivity contribution is 0.104. The van der Waals surface area contributed by atoms with E-state index in [1.807, 2.05) is 19.9 Å². The van der Waals surface area contributed by atoms with E-state index in [0.717, 1.165) is 10.9 Å². The Morgan fingerprint density at radius 3 is 2.89 bits per heavy atom. The molecular formula is C14H16O4. The summed E-state index contributed by atoms with van der Waals surface area (Å²) in [7, 11) is 0. The van der Waals surface area contributed by atoms with Crippen molar-refractivity contribution in [2.75, 3.05) is 6.61 Å². The highest BCUT2D eigenvalue weighted by molar-refractivity contribution is 5.81. The van der Waals surface area contributed by atoms with Crippen LogP contribution in [0.15, 0.2) is 33.5 Å². The first-order valence-electron chi connectivity index (χ1n) is 5.95. The summed E-state index contributed by atoms with van der Waals surface area (Å²) in [6.07, 6.45) is 0.192. The maximum absolute atomic E-state index is 11.2. The van der Waals surface area contributed by atoms with Crippen LogP contribution < -0.4 is 10.4 Å². The van der Waals surface area contributed by atoms with E-state index in [9.17, 15) is 9.90 Å². The van der Waals surface area contributed by atoms with Crippen LogP contribution in [0.5, 0.6) is 5.75 Å². The summed E-state index contributed by atoms with van der Waals surface area (Å²) in [5.74, 6) is 0.659. The van der Waals surface area contributed by atoms with Crippen LogP contribution in [0.25, 0.3) is 11.0 Å². The number of aliphatic hydroxyl groups excluding tert-OH is 1. The summed E-state index contributed by atoms with van der Waals surface area (Å²) < 4.78 is 10.6. The lowest BCUT2D eigenvalue weighted by atomic mass is 10.1. The third kappa shape index (κ3) is 2.71. The van der Waals surface area contributed by atoms with Crippen LogP contribution in [-0.2, 0) is 0 Å². The minimum absolute atomic E-state index is 0.262. The van der Waals surface area contributed by atoms with Crippen LogP contribution in [0.1, 0.15) is 18.9 Å². The van der Waals surface area contributed by atoms with Crippen LogP contribution in [0.3, 0.4) is 0 Å². The van der Waals surface area contributed by atoms with Gasteiger partial charge in [0.25, 0.3) is 0 Å². The third-order valence-electron chi connectivity index (χ3n) is 2.83. The Labute approximate surface area is 105 Å².